The average molecular weight is 208 g/mol. The predicted octanol–water partition coefficient (Wildman–Crippen LogP) is 1.90. The second-order valence-electron chi connectivity index (χ2n) is 4.60. The van der Waals surface area contributed by atoms with E-state index in [1.54, 1.807) is 0 Å². The van der Waals surface area contributed by atoms with E-state index < -0.39 is 0 Å². The minimum atomic E-state index is -0.0310. The molecular formula is C12H20N2O. The van der Waals surface area contributed by atoms with Crippen molar-refractivity contribution in [3.8, 4) is 0 Å². The summed E-state index contributed by atoms with van der Waals surface area (Å²) in [6.07, 6.45) is 8.62. The summed E-state index contributed by atoms with van der Waals surface area (Å²) < 4.78 is 1.93. The molecule has 1 saturated carbocycles. The summed E-state index contributed by atoms with van der Waals surface area (Å²) >= 11 is 0. The molecule has 1 fully saturated rings. The van der Waals surface area contributed by atoms with E-state index >= 15 is 0 Å². The van der Waals surface area contributed by atoms with Gasteiger partial charge in [-0.05, 0) is 44.1 Å². The fourth-order valence-corrected chi connectivity index (χ4v) is 2.02. The van der Waals surface area contributed by atoms with Gasteiger partial charge in [0.1, 0.15) is 0 Å². The maximum absolute atomic E-state index is 9.68. The van der Waals surface area contributed by atoms with Gasteiger partial charge in [-0.15, -0.1) is 0 Å². The number of aryl methyl sites for hydroxylation is 2. The molecule has 15 heavy (non-hydrogen) atoms. The van der Waals surface area contributed by atoms with Gasteiger partial charge in [0.05, 0.1) is 6.10 Å². The summed E-state index contributed by atoms with van der Waals surface area (Å²) in [5.74, 6) is 0.627. The van der Waals surface area contributed by atoms with Crippen LogP contribution in [0.4, 0.5) is 0 Å². The molecule has 0 aromatic carbocycles. The largest absolute Gasteiger partial charge is 0.393 e. The molecule has 0 bridgehead atoms. The van der Waals surface area contributed by atoms with Gasteiger partial charge in [-0.2, -0.15) is 5.10 Å². The molecule has 0 saturated heterocycles. The van der Waals surface area contributed by atoms with Crippen LogP contribution in [0.3, 0.4) is 0 Å². The van der Waals surface area contributed by atoms with Gasteiger partial charge in [0.2, 0.25) is 0 Å². The Morgan fingerprint density at radius 3 is 2.93 bits per heavy atom. The molecule has 0 radical (unpaired) electrons. The van der Waals surface area contributed by atoms with Crippen molar-refractivity contribution in [1.29, 1.82) is 0 Å². The predicted molar refractivity (Wildman–Crippen MR) is 59.5 cm³/mol. The zero-order chi connectivity index (χ0) is 10.7. The minimum Gasteiger partial charge on any atom is -0.393 e. The van der Waals surface area contributed by atoms with E-state index in [1.807, 2.05) is 17.9 Å². The first kappa shape index (κ1) is 10.7. The van der Waals surface area contributed by atoms with Crippen LogP contribution in [0.15, 0.2) is 12.3 Å². The number of rotatable bonds is 6. The number of aromatic nitrogens is 2. The molecule has 1 N–H and O–H groups in total. The Balaban J connectivity index is 1.60. The van der Waals surface area contributed by atoms with Crippen molar-refractivity contribution in [3.05, 3.63) is 18.0 Å². The summed E-state index contributed by atoms with van der Waals surface area (Å²) in [5.41, 5.74) is 1.29. The van der Waals surface area contributed by atoms with Crippen LogP contribution in [0.5, 0.6) is 0 Å². The lowest BCUT2D eigenvalue weighted by molar-refractivity contribution is 0.138. The Morgan fingerprint density at radius 2 is 2.33 bits per heavy atom. The smallest absolute Gasteiger partial charge is 0.0568 e. The molecule has 1 unspecified atom stereocenters. The Kier molecular flexibility index (Phi) is 3.41. The monoisotopic (exact) mass is 208 g/mol. The van der Waals surface area contributed by atoms with Crippen LogP contribution >= 0.6 is 0 Å². The molecule has 3 heteroatoms. The number of hydrogen-bond acceptors (Lipinski definition) is 2. The number of nitrogens with zero attached hydrogens (tertiary/aromatic N) is 2. The normalized spacial score (nSPS) is 18.0. The molecule has 1 atom stereocenters. The van der Waals surface area contributed by atoms with E-state index in [0.717, 1.165) is 25.7 Å². The third-order valence-electron chi connectivity index (χ3n) is 3.27. The van der Waals surface area contributed by atoms with Crippen molar-refractivity contribution in [2.45, 2.75) is 44.6 Å². The van der Waals surface area contributed by atoms with Crippen LogP contribution < -0.4 is 0 Å². The lowest BCUT2D eigenvalue weighted by Crippen LogP contribution is -2.08. The fourth-order valence-electron chi connectivity index (χ4n) is 2.02. The highest BCUT2D eigenvalue weighted by Crippen LogP contribution is 2.34. The summed E-state index contributed by atoms with van der Waals surface area (Å²) in [4.78, 5) is 0. The van der Waals surface area contributed by atoms with Crippen molar-refractivity contribution < 1.29 is 5.11 Å². The zero-order valence-corrected chi connectivity index (χ0v) is 9.39. The summed E-state index contributed by atoms with van der Waals surface area (Å²) in [6.45, 7) is 0. The van der Waals surface area contributed by atoms with Gasteiger partial charge in [-0.1, -0.05) is 6.42 Å². The Bertz CT molecular complexity index is 304. The molecule has 3 nitrogen and oxygen atoms in total. The molecule has 0 spiro atoms. The van der Waals surface area contributed by atoms with E-state index in [2.05, 4.69) is 11.2 Å². The van der Waals surface area contributed by atoms with Crippen LogP contribution in [-0.4, -0.2) is 21.0 Å². The van der Waals surface area contributed by atoms with Crippen molar-refractivity contribution in [1.82, 2.24) is 9.78 Å². The van der Waals surface area contributed by atoms with Crippen molar-refractivity contribution in [3.63, 3.8) is 0 Å². The van der Waals surface area contributed by atoms with E-state index in [9.17, 15) is 5.11 Å². The van der Waals surface area contributed by atoms with Crippen molar-refractivity contribution >= 4 is 0 Å². The Morgan fingerprint density at radius 1 is 1.53 bits per heavy atom. The second kappa shape index (κ2) is 4.79. The van der Waals surface area contributed by atoms with E-state index in [0.29, 0.717) is 5.92 Å². The lowest BCUT2D eigenvalue weighted by atomic mass is 10.1. The maximum atomic E-state index is 9.68. The molecule has 1 aromatic heterocycles. The number of unbranched alkanes of at least 4 members (excludes halogenated alkanes) is 1. The quantitative estimate of drug-likeness (QED) is 0.725. The van der Waals surface area contributed by atoms with Crippen molar-refractivity contribution in [2.24, 2.45) is 13.0 Å². The molecule has 0 amide bonds. The summed E-state index contributed by atoms with van der Waals surface area (Å²) in [5, 5.41) is 13.8. The van der Waals surface area contributed by atoms with Crippen LogP contribution in [-0.2, 0) is 13.5 Å². The van der Waals surface area contributed by atoms with E-state index in [-0.39, 0.29) is 6.10 Å². The Labute approximate surface area is 91.1 Å². The van der Waals surface area contributed by atoms with Crippen molar-refractivity contribution in [2.75, 3.05) is 0 Å². The third kappa shape index (κ3) is 3.06. The summed E-state index contributed by atoms with van der Waals surface area (Å²) in [6, 6.07) is 2.07. The average Bonchev–Trinajstić information content (AvgIpc) is 2.99. The third-order valence-corrected chi connectivity index (χ3v) is 3.27. The number of aliphatic hydroxyl groups is 1. The van der Waals surface area contributed by atoms with Gasteiger partial charge in [-0.25, -0.2) is 0 Å². The molecule has 1 aliphatic carbocycles. The van der Waals surface area contributed by atoms with Gasteiger partial charge < -0.3 is 5.11 Å². The van der Waals surface area contributed by atoms with Gasteiger partial charge in [0.25, 0.3) is 0 Å². The second-order valence-corrected chi connectivity index (χ2v) is 4.60. The van der Waals surface area contributed by atoms with E-state index in [1.165, 1.54) is 18.5 Å². The molecule has 1 heterocycles. The summed E-state index contributed by atoms with van der Waals surface area (Å²) in [7, 11) is 1.98. The number of hydrogen-bond donors (Lipinski definition) is 1. The van der Waals surface area contributed by atoms with Gasteiger partial charge in [0, 0.05) is 18.9 Å². The highest BCUT2D eigenvalue weighted by atomic mass is 16.3. The first-order chi connectivity index (χ1) is 7.27. The maximum Gasteiger partial charge on any atom is 0.0568 e. The minimum absolute atomic E-state index is 0.0310. The molecule has 0 aliphatic heterocycles. The van der Waals surface area contributed by atoms with Gasteiger partial charge in [0.15, 0.2) is 0 Å². The van der Waals surface area contributed by atoms with Crippen LogP contribution in [0.25, 0.3) is 0 Å². The molecule has 84 valence electrons. The highest BCUT2D eigenvalue weighted by molar-refractivity contribution is 4.99. The molecule has 1 aliphatic rings. The molecule has 1 aromatic rings. The number of aliphatic hydroxyl groups excluding tert-OH is 1. The molecular weight excluding hydrogens is 188 g/mol. The Hall–Kier alpha value is -0.830. The van der Waals surface area contributed by atoms with Crippen LogP contribution in [0, 0.1) is 5.92 Å². The molecule has 2 rings (SSSR count). The van der Waals surface area contributed by atoms with Crippen LogP contribution in [0.2, 0.25) is 0 Å². The van der Waals surface area contributed by atoms with Gasteiger partial charge >= 0.3 is 0 Å². The SMILES string of the molecule is Cn1nccc1CCCCC(O)C1CC1. The highest BCUT2D eigenvalue weighted by Gasteiger charge is 2.28. The van der Waals surface area contributed by atoms with E-state index in [4.69, 9.17) is 0 Å². The first-order valence-corrected chi connectivity index (χ1v) is 5.92. The van der Waals surface area contributed by atoms with Gasteiger partial charge in [-0.3, -0.25) is 4.68 Å². The first-order valence-electron chi connectivity index (χ1n) is 5.92. The zero-order valence-electron chi connectivity index (χ0n) is 9.39. The fraction of sp³-hybridized carbons (Fsp3) is 0.750. The standard InChI is InChI=1S/C12H20N2O/c1-14-11(8-9-13-14)4-2-3-5-12(15)10-6-7-10/h8-10,12,15H,2-7H2,1H3. The van der Waals surface area contributed by atoms with Crippen LogP contribution in [0.1, 0.15) is 37.8 Å². The topological polar surface area (TPSA) is 38.0 Å². The lowest BCUT2D eigenvalue weighted by Gasteiger charge is -2.08.